The lowest BCUT2D eigenvalue weighted by Crippen LogP contribution is -2.35. The minimum absolute atomic E-state index is 0.160. The average Bonchev–Trinajstić information content (AvgIpc) is 2.61. The summed E-state index contributed by atoms with van der Waals surface area (Å²) < 4.78 is 1.13. The van der Waals surface area contributed by atoms with E-state index in [1.807, 2.05) is 32.0 Å². The lowest BCUT2D eigenvalue weighted by Gasteiger charge is -2.15. The monoisotopic (exact) mass is 339 g/mol. The molecule has 0 aliphatic carbocycles. The second-order valence-corrected chi connectivity index (χ2v) is 5.69. The zero-order valence-corrected chi connectivity index (χ0v) is 13.9. The Hall–Kier alpha value is -3.22. The van der Waals surface area contributed by atoms with Crippen LogP contribution in [0.4, 0.5) is 5.69 Å². The molecule has 3 rings (SSSR count). The number of rotatable bonds is 4. The summed E-state index contributed by atoms with van der Waals surface area (Å²) >= 11 is 0. The van der Waals surface area contributed by atoms with Crippen LogP contribution in [0.1, 0.15) is 25.0 Å². The zero-order chi connectivity index (χ0) is 18.1. The third-order valence-electron chi connectivity index (χ3n) is 4.28. The molecule has 0 atom stereocenters. The number of aromatic nitrogens is 2. The lowest BCUT2D eigenvalue weighted by molar-refractivity contribution is -0.384. The fourth-order valence-electron chi connectivity index (χ4n) is 3.02. The van der Waals surface area contributed by atoms with Crippen LogP contribution in [0, 0.1) is 10.1 Å². The van der Waals surface area contributed by atoms with Gasteiger partial charge in [0.2, 0.25) is 0 Å². The molecule has 7 nitrogen and oxygen atoms in total. The highest BCUT2D eigenvalue weighted by molar-refractivity contribution is 5.80. The Kier molecular flexibility index (Phi) is 4.22. The van der Waals surface area contributed by atoms with Crippen LogP contribution in [0.3, 0.4) is 0 Å². The van der Waals surface area contributed by atoms with Gasteiger partial charge in [-0.25, -0.2) is 9.36 Å². The number of hydrogen-bond donors (Lipinski definition) is 1. The number of aromatic amines is 1. The van der Waals surface area contributed by atoms with E-state index in [0.717, 1.165) is 15.7 Å². The molecular weight excluding hydrogens is 322 g/mol. The number of benzene rings is 2. The SMILES string of the molecule is CCc1cccc(CC)c1-n1c(=O)[nH]c2cc([N+](=O)[O-])ccc2c1=O. The maximum absolute atomic E-state index is 12.9. The Labute approximate surface area is 142 Å². The Bertz CT molecular complexity index is 1070. The van der Waals surface area contributed by atoms with Gasteiger partial charge in [0.05, 0.1) is 21.5 Å². The van der Waals surface area contributed by atoms with E-state index in [-0.39, 0.29) is 16.6 Å². The van der Waals surface area contributed by atoms with Gasteiger partial charge in [-0.2, -0.15) is 0 Å². The van der Waals surface area contributed by atoms with Gasteiger partial charge in [-0.1, -0.05) is 32.0 Å². The first-order valence-electron chi connectivity index (χ1n) is 8.02. The van der Waals surface area contributed by atoms with Gasteiger partial charge < -0.3 is 4.98 Å². The Balaban J connectivity index is 2.40. The maximum Gasteiger partial charge on any atom is 0.333 e. The molecule has 7 heteroatoms. The second-order valence-electron chi connectivity index (χ2n) is 5.69. The fourth-order valence-corrected chi connectivity index (χ4v) is 3.02. The summed E-state index contributed by atoms with van der Waals surface area (Å²) in [5.41, 5.74) is 1.29. The van der Waals surface area contributed by atoms with Crippen LogP contribution in [0.5, 0.6) is 0 Å². The maximum atomic E-state index is 12.9. The van der Waals surface area contributed by atoms with Crippen molar-refractivity contribution < 1.29 is 4.92 Å². The van der Waals surface area contributed by atoms with Crippen LogP contribution in [-0.2, 0) is 12.8 Å². The summed E-state index contributed by atoms with van der Waals surface area (Å²) in [4.78, 5) is 38.5. The van der Waals surface area contributed by atoms with Crippen LogP contribution in [0.25, 0.3) is 16.6 Å². The molecule has 0 unspecified atom stereocenters. The summed E-state index contributed by atoms with van der Waals surface area (Å²) in [6.45, 7) is 3.92. The van der Waals surface area contributed by atoms with Crippen molar-refractivity contribution in [3.05, 3.63) is 78.5 Å². The standard InChI is InChI=1S/C18H17N3O4/c1-3-11-6-5-7-12(4-2)16(11)20-17(22)14-9-8-13(21(24)25)10-15(14)19-18(20)23/h5-10H,3-4H2,1-2H3,(H,19,23). The highest BCUT2D eigenvalue weighted by Crippen LogP contribution is 2.20. The van der Waals surface area contributed by atoms with Crippen molar-refractivity contribution in [1.29, 1.82) is 0 Å². The fraction of sp³-hybridized carbons (Fsp3) is 0.222. The number of nitro groups is 1. The minimum Gasteiger partial charge on any atom is -0.306 e. The number of H-pyrrole nitrogens is 1. The third-order valence-corrected chi connectivity index (χ3v) is 4.28. The van der Waals surface area contributed by atoms with Gasteiger partial charge in [0, 0.05) is 12.1 Å². The lowest BCUT2D eigenvalue weighted by atomic mass is 10.0. The predicted molar refractivity (Wildman–Crippen MR) is 95.6 cm³/mol. The van der Waals surface area contributed by atoms with Crippen molar-refractivity contribution >= 4 is 16.6 Å². The van der Waals surface area contributed by atoms with Gasteiger partial charge in [-0.3, -0.25) is 14.9 Å². The van der Waals surface area contributed by atoms with Crippen molar-refractivity contribution in [3.8, 4) is 5.69 Å². The van der Waals surface area contributed by atoms with Gasteiger partial charge in [-0.05, 0) is 30.0 Å². The molecule has 25 heavy (non-hydrogen) atoms. The average molecular weight is 339 g/mol. The molecule has 2 aromatic carbocycles. The van der Waals surface area contributed by atoms with Crippen molar-refractivity contribution in [2.24, 2.45) is 0 Å². The third kappa shape index (κ3) is 2.73. The van der Waals surface area contributed by atoms with Crippen molar-refractivity contribution in [3.63, 3.8) is 0 Å². The van der Waals surface area contributed by atoms with E-state index in [2.05, 4.69) is 4.98 Å². The molecule has 0 saturated heterocycles. The van der Waals surface area contributed by atoms with Crippen LogP contribution in [0.15, 0.2) is 46.0 Å². The topological polar surface area (TPSA) is 98.0 Å². The van der Waals surface area contributed by atoms with Gasteiger partial charge in [0.15, 0.2) is 0 Å². The molecule has 0 amide bonds. The Morgan fingerprint density at radius 1 is 1.08 bits per heavy atom. The molecule has 0 aliphatic heterocycles. The number of para-hydroxylation sites is 1. The van der Waals surface area contributed by atoms with Gasteiger partial charge in [-0.15, -0.1) is 0 Å². The number of nitro benzene ring substituents is 1. The highest BCUT2D eigenvalue weighted by atomic mass is 16.6. The van der Waals surface area contributed by atoms with E-state index in [0.29, 0.717) is 18.5 Å². The van der Waals surface area contributed by atoms with E-state index in [4.69, 9.17) is 0 Å². The zero-order valence-electron chi connectivity index (χ0n) is 13.9. The Morgan fingerprint density at radius 2 is 1.72 bits per heavy atom. The smallest absolute Gasteiger partial charge is 0.306 e. The molecule has 0 bridgehead atoms. The quantitative estimate of drug-likeness (QED) is 0.583. The number of non-ortho nitro benzene ring substituents is 1. The molecule has 0 saturated carbocycles. The van der Waals surface area contributed by atoms with E-state index in [1.165, 1.54) is 18.2 Å². The molecule has 1 heterocycles. The summed E-state index contributed by atoms with van der Waals surface area (Å²) in [6.07, 6.45) is 1.35. The molecule has 3 aromatic rings. The molecule has 0 radical (unpaired) electrons. The van der Waals surface area contributed by atoms with Crippen LogP contribution in [0.2, 0.25) is 0 Å². The number of hydrogen-bond acceptors (Lipinski definition) is 4. The first-order valence-corrected chi connectivity index (χ1v) is 8.02. The van der Waals surface area contributed by atoms with E-state index in [9.17, 15) is 19.7 Å². The van der Waals surface area contributed by atoms with Crippen LogP contribution >= 0.6 is 0 Å². The molecule has 0 fully saturated rings. The second kappa shape index (κ2) is 6.35. The summed E-state index contributed by atoms with van der Waals surface area (Å²) in [5.74, 6) is 0. The van der Waals surface area contributed by atoms with Crippen LogP contribution < -0.4 is 11.2 Å². The summed E-state index contributed by atoms with van der Waals surface area (Å²) in [7, 11) is 0. The highest BCUT2D eigenvalue weighted by Gasteiger charge is 2.17. The van der Waals surface area contributed by atoms with Crippen molar-refractivity contribution in [2.45, 2.75) is 26.7 Å². The van der Waals surface area contributed by atoms with Crippen molar-refractivity contribution in [2.75, 3.05) is 0 Å². The number of nitrogens with one attached hydrogen (secondary N) is 1. The molecule has 128 valence electrons. The molecule has 0 spiro atoms. The van der Waals surface area contributed by atoms with Crippen molar-refractivity contribution in [1.82, 2.24) is 9.55 Å². The first kappa shape index (κ1) is 16.6. The predicted octanol–water partition coefficient (Wildman–Crippen LogP) is 2.71. The normalized spacial score (nSPS) is 11.0. The molecule has 1 N–H and O–H groups in total. The number of fused-ring (bicyclic) bond motifs is 1. The van der Waals surface area contributed by atoms with Gasteiger partial charge in [0.25, 0.3) is 11.2 Å². The Morgan fingerprint density at radius 3 is 2.28 bits per heavy atom. The largest absolute Gasteiger partial charge is 0.333 e. The molecular formula is C18H17N3O4. The number of aryl methyl sites for hydroxylation is 2. The van der Waals surface area contributed by atoms with Gasteiger partial charge >= 0.3 is 5.69 Å². The van der Waals surface area contributed by atoms with Gasteiger partial charge in [0.1, 0.15) is 0 Å². The number of nitrogens with zero attached hydrogens (tertiary/aromatic N) is 2. The molecule has 0 aliphatic rings. The summed E-state index contributed by atoms with van der Waals surface area (Å²) in [6, 6.07) is 9.53. The van der Waals surface area contributed by atoms with E-state index < -0.39 is 16.2 Å². The molecule has 1 aromatic heterocycles. The summed E-state index contributed by atoms with van der Waals surface area (Å²) in [5, 5.41) is 11.1. The van der Waals surface area contributed by atoms with E-state index in [1.54, 1.807) is 0 Å². The minimum atomic E-state index is -0.603. The van der Waals surface area contributed by atoms with Crippen LogP contribution in [-0.4, -0.2) is 14.5 Å². The first-order chi connectivity index (χ1) is 12.0. The van der Waals surface area contributed by atoms with E-state index >= 15 is 0 Å².